The van der Waals surface area contributed by atoms with Crippen LogP contribution in [0.5, 0.6) is 0 Å². The molecule has 3 rings (SSSR count). The molecule has 0 N–H and O–H groups in total. The smallest absolute Gasteiger partial charge is 0.341 e. The van der Waals surface area contributed by atoms with Crippen LogP contribution in [0.1, 0.15) is 22.3 Å². The second-order valence-corrected chi connectivity index (χ2v) is 5.72. The Kier molecular flexibility index (Phi) is 4.47. The molecular weight excluding hydrogens is 317 g/mol. The number of halogens is 1. The van der Waals surface area contributed by atoms with Crippen molar-refractivity contribution in [1.29, 1.82) is 0 Å². The van der Waals surface area contributed by atoms with E-state index in [1.165, 1.54) is 29.7 Å². The molecule has 0 saturated heterocycles. The summed E-state index contributed by atoms with van der Waals surface area (Å²) in [6.07, 6.45) is 3.11. The van der Waals surface area contributed by atoms with Gasteiger partial charge in [-0.1, -0.05) is 0 Å². The molecule has 0 bridgehead atoms. The van der Waals surface area contributed by atoms with Gasteiger partial charge in [0.2, 0.25) is 0 Å². The van der Waals surface area contributed by atoms with Gasteiger partial charge in [0.05, 0.1) is 30.6 Å². The van der Waals surface area contributed by atoms with Gasteiger partial charge in [-0.25, -0.2) is 14.2 Å². The van der Waals surface area contributed by atoms with Gasteiger partial charge in [-0.15, -0.1) is 11.3 Å². The number of carbonyl (C=O) groups is 1. The third-order valence-electron chi connectivity index (χ3n) is 3.13. The van der Waals surface area contributed by atoms with Crippen LogP contribution in [0.15, 0.2) is 42.0 Å². The average Bonchev–Trinajstić information content (AvgIpc) is 3.18. The molecular formula is C16H14FN3O2S. The normalized spacial score (nSPS) is 10.7. The van der Waals surface area contributed by atoms with Crippen LogP contribution in [0, 0.1) is 5.82 Å². The van der Waals surface area contributed by atoms with Crippen molar-refractivity contribution in [2.75, 3.05) is 6.61 Å². The van der Waals surface area contributed by atoms with E-state index in [2.05, 4.69) is 10.1 Å². The zero-order chi connectivity index (χ0) is 16.2. The zero-order valence-electron chi connectivity index (χ0n) is 12.4. The molecule has 0 aliphatic carbocycles. The monoisotopic (exact) mass is 331 g/mol. The van der Waals surface area contributed by atoms with Crippen molar-refractivity contribution in [3.63, 3.8) is 0 Å². The van der Waals surface area contributed by atoms with E-state index in [1.807, 2.05) is 5.38 Å². The number of thiazole rings is 1. The Morgan fingerprint density at radius 1 is 1.35 bits per heavy atom. The Balaban J connectivity index is 1.72. The molecule has 2 aromatic heterocycles. The highest BCUT2D eigenvalue weighted by atomic mass is 32.1. The van der Waals surface area contributed by atoms with Crippen molar-refractivity contribution in [3.05, 3.63) is 58.4 Å². The summed E-state index contributed by atoms with van der Waals surface area (Å²) in [4.78, 5) is 16.1. The molecule has 0 fully saturated rings. The molecule has 0 radical (unpaired) electrons. The van der Waals surface area contributed by atoms with Crippen LogP contribution in [0.4, 0.5) is 4.39 Å². The van der Waals surface area contributed by atoms with Crippen molar-refractivity contribution in [2.24, 2.45) is 0 Å². The van der Waals surface area contributed by atoms with E-state index in [1.54, 1.807) is 29.9 Å². The van der Waals surface area contributed by atoms with Gasteiger partial charge >= 0.3 is 5.97 Å². The summed E-state index contributed by atoms with van der Waals surface area (Å²) in [5, 5.41) is 6.91. The van der Waals surface area contributed by atoms with Crippen LogP contribution >= 0.6 is 11.3 Å². The fourth-order valence-corrected chi connectivity index (χ4v) is 2.84. The number of nitrogens with zero attached hydrogens (tertiary/aromatic N) is 3. The fraction of sp³-hybridized carbons (Fsp3) is 0.188. The number of carbonyl (C=O) groups excluding carboxylic acids is 1. The third kappa shape index (κ3) is 3.62. The fourth-order valence-electron chi connectivity index (χ4n) is 2.05. The number of rotatable bonds is 5. The lowest BCUT2D eigenvalue weighted by Crippen LogP contribution is -2.04. The van der Waals surface area contributed by atoms with E-state index in [0.29, 0.717) is 18.7 Å². The lowest BCUT2D eigenvalue weighted by Gasteiger charge is -1.98. The summed E-state index contributed by atoms with van der Waals surface area (Å²) in [5.41, 5.74) is 2.08. The maximum atomic E-state index is 13.0. The summed E-state index contributed by atoms with van der Waals surface area (Å²) < 4.78 is 19.5. The van der Waals surface area contributed by atoms with Crippen LogP contribution in [0.2, 0.25) is 0 Å². The summed E-state index contributed by atoms with van der Waals surface area (Å²) in [6.45, 7) is 2.55. The largest absolute Gasteiger partial charge is 0.462 e. The Morgan fingerprint density at radius 2 is 2.13 bits per heavy atom. The molecule has 118 valence electrons. The van der Waals surface area contributed by atoms with E-state index >= 15 is 0 Å². The topological polar surface area (TPSA) is 57.0 Å². The van der Waals surface area contributed by atoms with E-state index in [-0.39, 0.29) is 11.8 Å². The lowest BCUT2D eigenvalue weighted by atomic mass is 10.2. The molecule has 7 heteroatoms. The first-order chi connectivity index (χ1) is 11.2. The van der Waals surface area contributed by atoms with Gasteiger partial charge in [0.15, 0.2) is 0 Å². The number of esters is 1. The van der Waals surface area contributed by atoms with Crippen molar-refractivity contribution >= 4 is 17.3 Å². The Bertz CT molecular complexity index is 811. The van der Waals surface area contributed by atoms with Crippen LogP contribution in [0.3, 0.4) is 0 Å². The average molecular weight is 331 g/mol. The van der Waals surface area contributed by atoms with Gasteiger partial charge in [0, 0.05) is 17.1 Å². The maximum absolute atomic E-state index is 13.0. The zero-order valence-corrected chi connectivity index (χ0v) is 13.2. The van der Waals surface area contributed by atoms with Crippen molar-refractivity contribution in [3.8, 4) is 11.3 Å². The first-order valence-corrected chi connectivity index (χ1v) is 7.93. The van der Waals surface area contributed by atoms with Gasteiger partial charge in [-0.2, -0.15) is 5.10 Å². The molecule has 2 heterocycles. The highest BCUT2D eigenvalue weighted by molar-refractivity contribution is 7.09. The van der Waals surface area contributed by atoms with Gasteiger partial charge in [0.25, 0.3) is 0 Å². The predicted molar refractivity (Wildman–Crippen MR) is 84.8 cm³/mol. The summed E-state index contributed by atoms with van der Waals surface area (Å²) in [7, 11) is 0. The predicted octanol–water partition coefficient (Wildman–Crippen LogP) is 3.37. The minimum atomic E-state index is -0.384. The summed E-state index contributed by atoms with van der Waals surface area (Å²) in [6, 6.07) is 6.21. The van der Waals surface area contributed by atoms with Gasteiger partial charge in [-0.05, 0) is 31.2 Å². The molecule has 0 saturated carbocycles. The van der Waals surface area contributed by atoms with Crippen molar-refractivity contribution in [1.82, 2.24) is 14.8 Å². The van der Waals surface area contributed by atoms with Gasteiger partial charge in [0.1, 0.15) is 10.8 Å². The second-order valence-electron chi connectivity index (χ2n) is 4.78. The molecule has 0 atom stereocenters. The summed E-state index contributed by atoms with van der Waals surface area (Å²) in [5.74, 6) is -0.655. The molecule has 0 aliphatic heterocycles. The van der Waals surface area contributed by atoms with Crippen LogP contribution in [-0.2, 0) is 11.3 Å². The Labute approximate surface area is 136 Å². The van der Waals surface area contributed by atoms with E-state index < -0.39 is 0 Å². The molecule has 0 aliphatic rings. The minimum Gasteiger partial charge on any atom is -0.462 e. The van der Waals surface area contributed by atoms with Crippen LogP contribution in [0.25, 0.3) is 11.3 Å². The van der Waals surface area contributed by atoms with Gasteiger partial charge in [-0.3, -0.25) is 4.68 Å². The molecule has 23 heavy (non-hydrogen) atoms. The first-order valence-electron chi connectivity index (χ1n) is 7.05. The van der Waals surface area contributed by atoms with Gasteiger partial charge < -0.3 is 4.74 Å². The van der Waals surface area contributed by atoms with Crippen LogP contribution in [-0.4, -0.2) is 27.3 Å². The minimum absolute atomic E-state index is 0.271. The number of hydrogen-bond donors (Lipinski definition) is 0. The van der Waals surface area contributed by atoms with Crippen LogP contribution < -0.4 is 0 Å². The van der Waals surface area contributed by atoms with E-state index in [4.69, 9.17) is 4.74 Å². The summed E-state index contributed by atoms with van der Waals surface area (Å²) >= 11 is 1.49. The van der Waals surface area contributed by atoms with Crippen molar-refractivity contribution < 1.29 is 13.9 Å². The first kappa shape index (κ1) is 15.4. The molecule has 1 aromatic carbocycles. The Hall–Kier alpha value is -2.54. The molecule has 3 aromatic rings. The highest BCUT2D eigenvalue weighted by Crippen LogP contribution is 2.22. The molecule has 5 nitrogen and oxygen atoms in total. The van der Waals surface area contributed by atoms with E-state index in [9.17, 15) is 9.18 Å². The number of ether oxygens (including phenoxy) is 1. The maximum Gasteiger partial charge on any atom is 0.341 e. The second kappa shape index (κ2) is 6.70. The molecule has 0 unspecified atom stereocenters. The van der Waals surface area contributed by atoms with Crippen molar-refractivity contribution in [2.45, 2.75) is 13.5 Å². The van der Waals surface area contributed by atoms with E-state index in [0.717, 1.165) is 16.3 Å². The quantitative estimate of drug-likeness (QED) is 0.673. The standard InChI is InChI=1S/C16H14FN3O2S/c1-2-22-16(21)12-7-18-20(8-12)9-15-19-14(10-23-15)11-3-5-13(17)6-4-11/h3-8,10H,2,9H2,1H3. The molecule has 0 spiro atoms. The highest BCUT2D eigenvalue weighted by Gasteiger charge is 2.11. The number of benzene rings is 1. The Morgan fingerprint density at radius 3 is 2.87 bits per heavy atom. The number of hydrogen-bond acceptors (Lipinski definition) is 5. The number of aromatic nitrogens is 3. The molecule has 0 amide bonds. The lowest BCUT2D eigenvalue weighted by molar-refractivity contribution is 0.0526. The SMILES string of the molecule is CCOC(=O)c1cnn(Cc2nc(-c3ccc(F)cc3)cs2)c1. The third-order valence-corrected chi connectivity index (χ3v) is 3.97.